The molecule has 3 rings (SSSR count). The van der Waals surface area contributed by atoms with Gasteiger partial charge in [-0.15, -0.1) is 0 Å². The summed E-state index contributed by atoms with van der Waals surface area (Å²) in [6, 6.07) is 5.69. The number of likely N-dealkylation sites (tertiary alicyclic amines) is 1. The Balaban J connectivity index is 1.68. The van der Waals surface area contributed by atoms with Gasteiger partial charge in [0.05, 0.1) is 26.1 Å². The summed E-state index contributed by atoms with van der Waals surface area (Å²) >= 11 is 0. The lowest BCUT2D eigenvalue weighted by Gasteiger charge is -2.19. The van der Waals surface area contributed by atoms with Crippen LogP contribution in [0, 0.1) is 11.8 Å². The van der Waals surface area contributed by atoms with Crippen LogP contribution in [-0.2, 0) is 16.0 Å². The van der Waals surface area contributed by atoms with Gasteiger partial charge in [-0.05, 0) is 37.0 Å². The third kappa shape index (κ3) is 2.92. The van der Waals surface area contributed by atoms with Gasteiger partial charge in [0.2, 0.25) is 11.8 Å². The molecule has 1 aliphatic carbocycles. The number of hydrogen-bond donors (Lipinski definition) is 0. The fourth-order valence-electron chi connectivity index (χ4n) is 3.73. The molecule has 0 radical (unpaired) electrons. The van der Waals surface area contributed by atoms with E-state index in [2.05, 4.69) is 0 Å². The highest BCUT2D eigenvalue weighted by Crippen LogP contribution is 2.38. The molecule has 0 N–H and O–H groups in total. The molecule has 2 amide bonds. The molecule has 2 aliphatic rings. The molecule has 1 aliphatic heterocycles. The van der Waals surface area contributed by atoms with Gasteiger partial charge in [0.15, 0.2) is 11.5 Å². The van der Waals surface area contributed by atoms with E-state index >= 15 is 0 Å². The first-order chi connectivity index (χ1) is 11.2. The Morgan fingerprint density at radius 1 is 1.00 bits per heavy atom. The molecule has 0 bridgehead atoms. The van der Waals surface area contributed by atoms with E-state index < -0.39 is 0 Å². The molecule has 124 valence electrons. The summed E-state index contributed by atoms with van der Waals surface area (Å²) in [6.45, 7) is 0.445. The molecular formula is C18H23NO4. The minimum atomic E-state index is -0.0679. The number of hydrogen-bond acceptors (Lipinski definition) is 4. The van der Waals surface area contributed by atoms with Crippen molar-refractivity contribution in [2.45, 2.75) is 32.1 Å². The Hall–Kier alpha value is -2.04. The van der Waals surface area contributed by atoms with Crippen LogP contribution in [0.15, 0.2) is 18.2 Å². The normalized spacial score (nSPS) is 23.8. The number of amides is 2. The number of benzene rings is 1. The van der Waals surface area contributed by atoms with Crippen LogP contribution in [0.2, 0.25) is 0 Å². The van der Waals surface area contributed by atoms with Gasteiger partial charge >= 0.3 is 0 Å². The zero-order chi connectivity index (χ0) is 16.4. The van der Waals surface area contributed by atoms with Crippen molar-refractivity contribution in [3.63, 3.8) is 0 Å². The lowest BCUT2D eigenvalue weighted by Crippen LogP contribution is -2.33. The Labute approximate surface area is 136 Å². The Morgan fingerprint density at radius 3 is 2.17 bits per heavy atom. The second kappa shape index (κ2) is 6.60. The van der Waals surface area contributed by atoms with E-state index in [9.17, 15) is 9.59 Å². The zero-order valence-corrected chi connectivity index (χ0v) is 13.7. The number of fused-ring (bicyclic) bond motifs is 1. The van der Waals surface area contributed by atoms with Crippen molar-refractivity contribution in [3.8, 4) is 11.5 Å². The van der Waals surface area contributed by atoms with E-state index in [1.807, 2.05) is 18.2 Å². The average molecular weight is 317 g/mol. The Kier molecular flexibility index (Phi) is 4.55. The summed E-state index contributed by atoms with van der Waals surface area (Å²) < 4.78 is 10.5. The molecule has 5 nitrogen and oxygen atoms in total. The number of carbonyl (C=O) groups is 2. The topological polar surface area (TPSA) is 55.8 Å². The molecule has 1 aromatic carbocycles. The molecule has 1 saturated carbocycles. The standard InChI is InChI=1S/C18H23NO4/c1-22-15-8-7-12(11-16(15)23-2)9-10-19-17(20)13-5-3-4-6-14(13)18(19)21/h7-8,11,13-14H,3-6,9-10H2,1-2H3/t13-,14+. The SMILES string of the molecule is COc1ccc(CCN2C(=O)[C@H]3CCCC[C@H]3C2=O)cc1OC. The lowest BCUT2D eigenvalue weighted by atomic mass is 9.81. The van der Waals surface area contributed by atoms with E-state index in [0.717, 1.165) is 31.2 Å². The molecule has 0 spiro atoms. The van der Waals surface area contributed by atoms with Crippen LogP contribution in [0.4, 0.5) is 0 Å². The van der Waals surface area contributed by atoms with E-state index in [-0.39, 0.29) is 23.7 Å². The van der Waals surface area contributed by atoms with Crippen LogP contribution in [0.1, 0.15) is 31.2 Å². The van der Waals surface area contributed by atoms with Gasteiger partial charge in [-0.25, -0.2) is 0 Å². The predicted molar refractivity (Wildman–Crippen MR) is 85.4 cm³/mol. The van der Waals surface area contributed by atoms with Crippen molar-refractivity contribution in [3.05, 3.63) is 23.8 Å². The number of carbonyl (C=O) groups excluding carboxylic acids is 2. The summed E-state index contributed by atoms with van der Waals surface area (Å²) in [6.07, 6.45) is 4.48. The minimum absolute atomic E-state index is 0.0279. The van der Waals surface area contributed by atoms with Crippen LogP contribution in [0.25, 0.3) is 0 Å². The summed E-state index contributed by atoms with van der Waals surface area (Å²) in [5.41, 5.74) is 1.03. The fraction of sp³-hybridized carbons (Fsp3) is 0.556. The molecule has 0 aromatic heterocycles. The zero-order valence-electron chi connectivity index (χ0n) is 13.7. The number of ether oxygens (including phenoxy) is 2. The van der Waals surface area contributed by atoms with Crippen molar-refractivity contribution in [2.24, 2.45) is 11.8 Å². The maximum absolute atomic E-state index is 12.5. The maximum Gasteiger partial charge on any atom is 0.233 e. The van der Waals surface area contributed by atoms with Crippen LogP contribution < -0.4 is 9.47 Å². The third-order valence-electron chi connectivity index (χ3n) is 5.00. The van der Waals surface area contributed by atoms with Crippen molar-refractivity contribution in [2.75, 3.05) is 20.8 Å². The Morgan fingerprint density at radius 2 is 1.61 bits per heavy atom. The van der Waals surface area contributed by atoms with Gasteiger partial charge < -0.3 is 9.47 Å². The van der Waals surface area contributed by atoms with Crippen molar-refractivity contribution < 1.29 is 19.1 Å². The van der Waals surface area contributed by atoms with Gasteiger partial charge in [-0.2, -0.15) is 0 Å². The summed E-state index contributed by atoms with van der Waals surface area (Å²) in [4.78, 5) is 26.4. The molecule has 1 heterocycles. The number of imide groups is 1. The molecule has 5 heteroatoms. The van der Waals surface area contributed by atoms with Crippen molar-refractivity contribution >= 4 is 11.8 Å². The van der Waals surface area contributed by atoms with Gasteiger partial charge in [-0.3, -0.25) is 14.5 Å². The lowest BCUT2D eigenvalue weighted by molar-refractivity contribution is -0.139. The van der Waals surface area contributed by atoms with Crippen LogP contribution >= 0.6 is 0 Å². The highest BCUT2D eigenvalue weighted by molar-refractivity contribution is 6.05. The molecule has 23 heavy (non-hydrogen) atoms. The first-order valence-corrected chi connectivity index (χ1v) is 8.22. The fourth-order valence-corrected chi connectivity index (χ4v) is 3.73. The summed E-state index contributed by atoms with van der Waals surface area (Å²) in [7, 11) is 3.20. The minimum Gasteiger partial charge on any atom is -0.493 e. The first kappa shape index (κ1) is 15.8. The molecule has 2 fully saturated rings. The van der Waals surface area contributed by atoms with E-state index in [4.69, 9.17) is 9.47 Å². The molecule has 2 atom stereocenters. The van der Waals surface area contributed by atoms with Gasteiger partial charge in [0.25, 0.3) is 0 Å². The second-order valence-corrected chi connectivity index (χ2v) is 6.26. The third-order valence-corrected chi connectivity index (χ3v) is 5.00. The van der Waals surface area contributed by atoms with Crippen molar-refractivity contribution in [1.29, 1.82) is 0 Å². The summed E-state index contributed by atoms with van der Waals surface area (Å²) in [5.74, 6) is 1.26. The molecule has 1 aromatic rings. The number of rotatable bonds is 5. The van der Waals surface area contributed by atoms with Gasteiger partial charge in [0.1, 0.15) is 0 Å². The van der Waals surface area contributed by atoms with Gasteiger partial charge in [-0.1, -0.05) is 18.9 Å². The first-order valence-electron chi connectivity index (χ1n) is 8.22. The Bertz CT molecular complexity index is 589. The molecular weight excluding hydrogens is 294 g/mol. The summed E-state index contributed by atoms with van der Waals surface area (Å²) in [5, 5.41) is 0. The maximum atomic E-state index is 12.5. The highest BCUT2D eigenvalue weighted by atomic mass is 16.5. The highest BCUT2D eigenvalue weighted by Gasteiger charge is 2.47. The largest absolute Gasteiger partial charge is 0.493 e. The van der Waals surface area contributed by atoms with E-state index in [1.54, 1.807) is 14.2 Å². The quantitative estimate of drug-likeness (QED) is 0.783. The second-order valence-electron chi connectivity index (χ2n) is 6.26. The van der Waals surface area contributed by atoms with Crippen molar-refractivity contribution in [1.82, 2.24) is 4.90 Å². The van der Waals surface area contributed by atoms with E-state index in [1.165, 1.54) is 4.90 Å². The average Bonchev–Trinajstić information content (AvgIpc) is 2.84. The van der Waals surface area contributed by atoms with Gasteiger partial charge in [0, 0.05) is 6.54 Å². The number of methoxy groups -OCH3 is 2. The number of nitrogens with zero attached hydrogens (tertiary/aromatic N) is 1. The van der Waals surface area contributed by atoms with Crippen LogP contribution in [0.3, 0.4) is 0 Å². The van der Waals surface area contributed by atoms with E-state index in [0.29, 0.717) is 24.5 Å². The molecule has 1 saturated heterocycles. The van der Waals surface area contributed by atoms with Crippen LogP contribution in [-0.4, -0.2) is 37.5 Å². The predicted octanol–water partition coefficient (Wildman–Crippen LogP) is 2.42. The smallest absolute Gasteiger partial charge is 0.233 e. The monoisotopic (exact) mass is 317 g/mol. The van der Waals surface area contributed by atoms with Crippen LogP contribution in [0.5, 0.6) is 11.5 Å². The molecule has 0 unspecified atom stereocenters.